The van der Waals surface area contributed by atoms with Crippen molar-refractivity contribution in [3.05, 3.63) is 62.1 Å². The Hall–Kier alpha value is -1.70. The number of benzene rings is 2. The maximum absolute atomic E-state index is 9.80. The summed E-state index contributed by atoms with van der Waals surface area (Å²) in [7, 11) is 0. The van der Waals surface area contributed by atoms with Gasteiger partial charge in [-0.25, -0.2) is 9.66 Å². The molecule has 0 atom stereocenters. The fourth-order valence-corrected chi connectivity index (χ4v) is 3.42. The maximum Gasteiger partial charge on any atom is 0.316 e. The average Bonchev–Trinajstić information content (AvgIpc) is 2.92. The second-order valence-corrected chi connectivity index (χ2v) is 7.14. The van der Waals surface area contributed by atoms with Crippen molar-refractivity contribution in [2.75, 3.05) is 5.84 Å². The van der Waals surface area contributed by atoms with Gasteiger partial charge in [0.1, 0.15) is 12.4 Å². The van der Waals surface area contributed by atoms with Gasteiger partial charge >= 0.3 is 6.01 Å². The predicted octanol–water partition coefficient (Wildman–Crippen LogP) is 4.73. The first kappa shape index (κ1) is 17.1. The Balaban J connectivity index is 1.82. The number of aromatic hydroxyl groups is 1. The number of imidazole rings is 1. The second kappa shape index (κ2) is 7.04. The highest BCUT2D eigenvalue weighted by Gasteiger charge is 2.14. The lowest BCUT2D eigenvalue weighted by Crippen LogP contribution is -2.13. The van der Waals surface area contributed by atoms with E-state index in [9.17, 15) is 5.11 Å². The fraction of sp³-hybridized carbons (Fsp3) is 0.0625. The van der Waals surface area contributed by atoms with Crippen molar-refractivity contribution in [3.8, 4) is 23.0 Å². The Morgan fingerprint density at radius 1 is 1.17 bits per heavy atom. The Labute approximate surface area is 160 Å². The van der Waals surface area contributed by atoms with Crippen LogP contribution in [0.5, 0.6) is 11.8 Å². The number of nitrogens with two attached hydrogens (primary N) is 1. The lowest BCUT2D eigenvalue weighted by Gasteiger charge is -2.09. The first-order valence-electron chi connectivity index (χ1n) is 6.84. The van der Waals surface area contributed by atoms with Crippen LogP contribution in [0.1, 0.15) is 5.56 Å². The Morgan fingerprint density at radius 3 is 2.42 bits per heavy atom. The van der Waals surface area contributed by atoms with E-state index in [0.717, 1.165) is 11.1 Å². The third-order valence-electron chi connectivity index (χ3n) is 3.36. The summed E-state index contributed by atoms with van der Waals surface area (Å²) in [5.41, 5.74) is 2.39. The molecule has 5 nitrogen and oxygen atoms in total. The largest absolute Gasteiger partial charge is 0.506 e. The number of hydrogen-bond donors (Lipinski definition) is 2. The molecule has 3 aromatic rings. The molecular weight excluding hydrogens is 461 g/mol. The van der Waals surface area contributed by atoms with Crippen molar-refractivity contribution >= 4 is 43.5 Å². The Bertz CT molecular complexity index is 859. The molecule has 0 aliphatic heterocycles. The van der Waals surface area contributed by atoms with Gasteiger partial charge in [-0.3, -0.25) is 0 Å². The quantitative estimate of drug-likeness (QED) is 0.538. The number of hydrogen-bond acceptors (Lipinski definition) is 4. The monoisotopic (exact) mass is 471 g/mol. The van der Waals surface area contributed by atoms with Gasteiger partial charge in [-0.2, -0.15) is 0 Å². The number of phenolic OH excluding ortho intramolecular Hbond substituents is 1. The van der Waals surface area contributed by atoms with Gasteiger partial charge in [-0.15, -0.1) is 0 Å². The van der Waals surface area contributed by atoms with Crippen LogP contribution in [0.15, 0.2) is 51.5 Å². The fourth-order valence-electron chi connectivity index (χ4n) is 2.11. The molecule has 124 valence electrons. The minimum atomic E-state index is 0.126. The minimum absolute atomic E-state index is 0.126. The Kier molecular flexibility index (Phi) is 5.03. The van der Waals surface area contributed by atoms with Crippen molar-refractivity contribution in [3.63, 3.8) is 0 Å². The summed E-state index contributed by atoms with van der Waals surface area (Å²) in [4.78, 5) is 4.20. The molecule has 0 aliphatic rings. The second-order valence-electron chi connectivity index (χ2n) is 5.00. The number of aromatic nitrogens is 2. The lowest BCUT2D eigenvalue weighted by molar-refractivity contribution is 0.274. The van der Waals surface area contributed by atoms with E-state index in [4.69, 9.17) is 22.2 Å². The average molecular weight is 474 g/mol. The van der Waals surface area contributed by atoms with Crippen LogP contribution in [0.4, 0.5) is 0 Å². The third-order valence-corrected chi connectivity index (χ3v) is 4.82. The van der Waals surface area contributed by atoms with Crippen LogP contribution in [-0.2, 0) is 6.61 Å². The normalized spacial score (nSPS) is 10.8. The van der Waals surface area contributed by atoms with Gasteiger partial charge in [0, 0.05) is 10.6 Å². The van der Waals surface area contributed by atoms with Gasteiger partial charge in [-0.05, 0) is 61.7 Å². The van der Waals surface area contributed by atoms with E-state index in [2.05, 4.69) is 36.8 Å². The summed E-state index contributed by atoms with van der Waals surface area (Å²) in [5, 5.41) is 10.5. The standard InChI is InChI=1S/C16H12Br2ClN3O2/c17-12-5-10(6-13(18)15(12)23)14-7-21-16(22(14)20)24-8-9-1-3-11(19)4-2-9/h1-7,23H,8,20H2. The molecule has 1 aromatic heterocycles. The van der Waals surface area contributed by atoms with Crippen molar-refractivity contribution in [2.45, 2.75) is 6.61 Å². The van der Waals surface area contributed by atoms with E-state index >= 15 is 0 Å². The molecule has 0 aliphatic carbocycles. The van der Waals surface area contributed by atoms with Crippen molar-refractivity contribution in [2.24, 2.45) is 0 Å². The van der Waals surface area contributed by atoms with E-state index in [1.165, 1.54) is 4.68 Å². The topological polar surface area (TPSA) is 73.3 Å². The van der Waals surface area contributed by atoms with Gasteiger partial charge in [0.05, 0.1) is 20.8 Å². The highest BCUT2D eigenvalue weighted by atomic mass is 79.9. The molecule has 0 spiro atoms. The zero-order valence-corrected chi connectivity index (χ0v) is 16.1. The number of nitrogen functional groups attached to an aromatic ring is 1. The first-order valence-corrected chi connectivity index (χ1v) is 8.80. The van der Waals surface area contributed by atoms with Crippen LogP contribution < -0.4 is 10.6 Å². The molecule has 0 fully saturated rings. The highest BCUT2D eigenvalue weighted by molar-refractivity contribution is 9.11. The summed E-state index contributed by atoms with van der Waals surface area (Å²) in [6.07, 6.45) is 1.61. The predicted molar refractivity (Wildman–Crippen MR) is 101 cm³/mol. The van der Waals surface area contributed by atoms with E-state index in [1.807, 2.05) is 12.1 Å². The third kappa shape index (κ3) is 3.53. The van der Waals surface area contributed by atoms with Gasteiger partial charge in [-0.1, -0.05) is 23.7 Å². The zero-order chi connectivity index (χ0) is 17.3. The molecule has 0 radical (unpaired) electrons. The number of phenols is 1. The van der Waals surface area contributed by atoms with Crippen LogP contribution in [0, 0.1) is 0 Å². The molecule has 0 bridgehead atoms. The van der Waals surface area contributed by atoms with E-state index in [-0.39, 0.29) is 5.75 Å². The molecule has 0 amide bonds. The minimum Gasteiger partial charge on any atom is -0.506 e. The number of nitrogens with zero attached hydrogens (tertiary/aromatic N) is 2. The van der Waals surface area contributed by atoms with E-state index in [1.54, 1.807) is 30.5 Å². The van der Waals surface area contributed by atoms with E-state index in [0.29, 0.717) is 32.3 Å². The van der Waals surface area contributed by atoms with Crippen LogP contribution in [-0.4, -0.2) is 14.8 Å². The smallest absolute Gasteiger partial charge is 0.316 e. The van der Waals surface area contributed by atoms with Crippen LogP contribution in [0.3, 0.4) is 0 Å². The number of rotatable bonds is 4. The molecular formula is C16H12Br2ClN3O2. The summed E-state index contributed by atoms with van der Waals surface area (Å²) < 4.78 is 8.13. The lowest BCUT2D eigenvalue weighted by atomic mass is 10.1. The van der Waals surface area contributed by atoms with Crippen LogP contribution in [0.2, 0.25) is 5.02 Å². The molecule has 3 N–H and O–H groups in total. The number of halogens is 3. The molecule has 2 aromatic carbocycles. The summed E-state index contributed by atoms with van der Waals surface area (Å²) in [6, 6.07) is 11.1. The summed E-state index contributed by atoms with van der Waals surface area (Å²) in [5.74, 6) is 6.20. The zero-order valence-electron chi connectivity index (χ0n) is 12.2. The Morgan fingerprint density at radius 2 is 1.79 bits per heavy atom. The number of ether oxygens (including phenoxy) is 1. The molecule has 0 saturated heterocycles. The van der Waals surface area contributed by atoms with Crippen molar-refractivity contribution in [1.82, 2.24) is 9.66 Å². The molecule has 0 unspecified atom stereocenters. The van der Waals surface area contributed by atoms with Crippen LogP contribution >= 0.6 is 43.5 Å². The van der Waals surface area contributed by atoms with Crippen LogP contribution in [0.25, 0.3) is 11.3 Å². The molecule has 8 heteroatoms. The van der Waals surface area contributed by atoms with Gasteiger partial charge in [0.15, 0.2) is 0 Å². The first-order chi connectivity index (χ1) is 11.5. The van der Waals surface area contributed by atoms with Crippen molar-refractivity contribution in [1.29, 1.82) is 0 Å². The molecule has 3 rings (SSSR count). The summed E-state index contributed by atoms with van der Waals surface area (Å²) >= 11 is 12.5. The SMILES string of the molecule is Nn1c(-c2cc(Br)c(O)c(Br)c2)cnc1OCc1ccc(Cl)cc1. The molecule has 0 saturated carbocycles. The summed E-state index contributed by atoms with van der Waals surface area (Å²) in [6.45, 7) is 0.327. The van der Waals surface area contributed by atoms with E-state index < -0.39 is 0 Å². The maximum atomic E-state index is 9.80. The van der Waals surface area contributed by atoms with Gasteiger partial charge in [0.2, 0.25) is 0 Å². The molecule has 1 heterocycles. The van der Waals surface area contributed by atoms with Gasteiger partial charge in [0.25, 0.3) is 0 Å². The molecule has 24 heavy (non-hydrogen) atoms. The van der Waals surface area contributed by atoms with Gasteiger partial charge < -0.3 is 15.7 Å². The van der Waals surface area contributed by atoms with Crippen molar-refractivity contribution < 1.29 is 9.84 Å². The highest BCUT2D eigenvalue weighted by Crippen LogP contribution is 2.37.